The van der Waals surface area contributed by atoms with Crippen LogP contribution in [0.25, 0.3) is 0 Å². The lowest BCUT2D eigenvalue weighted by atomic mass is 10.7. The summed E-state index contributed by atoms with van der Waals surface area (Å²) in [5.74, 6) is 0. The Labute approximate surface area is 86.0 Å². The molecular formula is C4H8F2N2O5S2. The molecule has 0 aliphatic rings. The molecule has 0 bridgehead atoms. The van der Waals surface area contributed by atoms with Crippen molar-refractivity contribution in [2.45, 2.75) is 6.92 Å². The number of amides is 2. The highest BCUT2D eigenvalue weighted by molar-refractivity contribution is 7.85. The summed E-state index contributed by atoms with van der Waals surface area (Å²) in [7, 11) is -10.4. The van der Waals surface area contributed by atoms with Crippen LogP contribution in [-0.4, -0.2) is 45.1 Å². The summed E-state index contributed by atoms with van der Waals surface area (Å²) in [5.41, 5.74) is 0. The molecule has 15 heavy (non-hydrogen) atoms. The fourth-order valence-electron chi connectivity index (χ4n) is 0.633. The van der Waals surface area contributed by atoms with Gasteiger partial charge in [-0.3, -0.25) is 0 Å². The number of carbonyl (C=O) groups is 1. The summed E-state index contributed by atoms with van der Waals surface area (Å²) < 4.78 is 64.8. The minimum atomic E-state index is -5.41. The van der Waals surface area contributed by atoms with Crippen molar-refractivity contribution >= 4 is 26.8 Å². The molecule has 0 rings (SSSR count). The Balaban J connectivity index is 5.18. The summed E-state index contributed by atoms with van der Waals surface area (Å²) >= 11 is 0. The average molecular weight is 266 g/mol. The molecule has 0 radical (unpaired) electrons. The second-order valence-electron chi connectivity index (χ2n) is 2.30. The number of nitrogens with zero attached hydrogens (tertiary/aromatic N) is 2. The van der Waals surface area contributed by atoms with Gasteiger partial charge in [-0.15, -0.1) is 0 Å². The Hall–Kier alpha value is -0.970. The number of carbonyl (C=O) groups excluding carboxylic acids is 1. The molecule has 2 amide bonds. The normalized spacial score (nSPS) is 12.3. The minimum Gasteiger partial charge on any atom is -0.246 e. The van der Waals surface area contributed by atoms with E-state index >= 15 is 0 Å². The molecule has 0 unspecified atom stereocenters. The van der Waals surface area contributed by atoms with Crippen molar-refractivity contribution in [3.05, 3.63) is 0 Å². The van der Waals surface area contributed by atoms with Gasteiger partial charge in [0.1, 0.15) is 0 Å². The summed E-state index contributed by atoms with van der Waals surface area (Å²) in [6.45, 7) is 0.422. The molecule has 0 spiro atoms. The fraction of sp³-hybridized carbons (Fsp3) is 0.750. The maximum absolute atomic E-state index is 12.4. The standard InChI is InChI=1S/C4H8F2N2O5S2/c1-3-8(15(6,12)13)4(9)7(2)14(5,10)11/h3H2,1-2H3. The number of hydrogen-bond donors (Lipinski definition) is 0. The fourth-order valence-corrected chi connectivity index (χ4v) is 1.59. The van der Waals surface area contributed by atoms with Gasteiger partial charge in [0.25, 0.3) is 0 Å². The van der Waals surface area contributed by atoms with Crippen LogP contribution in [0.15, 0.2) is 0 Å². The van der Waals surface area contributed by atoms with E-state index in [0.717, 1.165) is 6.92 Å². The van der Waals surface area contributed by atoms with Gasteiger partial charge in [-0.05, 0) is 6.92 Å². The van der Waals surface area contributed by atoms with Crippen LogP contribution < -0.4 is 0 Å². The van der Waals surface area contributed by atoms with Crippen molar-refractivity contribution in [3.63, 3.8) is 0 Å². The van der Waals surface area contributed by atoms with Crippen molar-refractivity contribution in [3.8, 4) is 0 Å². The molecule has 0 saturated heterocycles. The number of halogens is 2. The molecule has 0 saturated carbocycles. The SMILES string of the molecule is CCN(C(=O)N(C)S(=O)(=O)F)S(=O)(=O)F. The van der Waals surface area contributed by atoms with Crippen molar-refractivity contribution in [2.24, 2.45) is 0 Å². The lowest BCUT2D eigenvalue weighted by Crippen LogP contribution is -2.44. The molecule has 0 atom stereocenters. The van der Waals surface area contributed by atoms with E-state index in [1.54, 1.807) is 0 Å². The molecule has 0 fully saturated rings. The van der Waals surface area contributed by atoms with E-state index in [-0.39, 0.29) is 0 Å². The molecule has 7 nitrogen and oxygen atoms in total. The van der Waals surface area contributed by atoms with E-state index in [1.165, 1.54) is 0 Å². The monoisotopic (exact) mass is 266 g/mol. The van der Waals surface area contributed by atoms with Gasteiger partial charge < -0.3 is 0 Å². The van der Waals surface area contributed by atoms with Crippen LogP contribution in [0.5, 0.6) is 0 Å². The zero-order valence-corrected chi connectivity index (χ0v) is 9.35. The highest BCUT2D eigenvalue weighted by Crippen LogP contribution is 2.10. The van der Waals surface area contributed by atoms with Gasteiger partial charge in [-0.1, -0.05) is 7.77 Å². The van der Waals surface area contributed by atoms with Crippen molar-refractivity contribution < 1.29 is 29.4 Å². The Kier molecular flexibility index (Phi) is 3.99. The van der Waals surface area contributed by atoms with Gasteiger partial charge in [0, 0.05) is 13.6 Å². The van der Waals surface area contributed by atoms with E-state index in [1.807, 2.05) is 0 Å². The predicted octanol–water partition coefficient (Wildman–Crippen LogP) is -0.211. The Bertz CT molecular complexity index is 444. The van der Waals surface area contributed by atoms with Gasteiger partial charge in [0.05, 0.1) is 0 Å². The second-order valence-corrected chi connectivity index (χ2v) is 4.94. The molecule has 0 aromatic carbocycles. The average Bonchev–Trinajstić information content (AvgIpc) is 1.99. The summed E-state index contributed by atoms with van der Waals surface area (Å²) in [6.07, 6.45) is 0. The van der Waals surface area contributed by atoms with Crippen molar-refractivity contribution in [1.29, 1.82) is 0 Å². The van der Waals surface area contributed by atoms with Crippen LogP contribution in [0.1, 0.15) is 6.92 Å². The predicted molar refractivity (Wildman–Crippen MR) is 45.6 cm³/mol. The highest BCUT2D eigenvalue weighted by Gasteiger charge is 2.33. The zero-order valence-electron chi connectivity index (χ0n) is 7.72. The van der Waals surface area contributed by atoms with Gasteiger partial charge >= 0.3 is 26.8 Å². The summed E-state index contributed by atoms with van der Waals surface area (Å²) in [5, 5.41) is 0. The number of urea groups is 1. The first-order chi connectivity index (χ1) is 6.51. The van der Waals surface area contributed by atoms with Gasteiger partial charge in [0.2, 0.25) is 0 Å². The Morgan fingerprint density at radius 3 is 1.73 bits per heavy atom. The molecule has 0 aromatic heterocycles. The van der Waals surface area contributed by atoms with Crippen LogP contribution in [0, 0.1) is 0 Å². The van der Waals surface area contributed by atoms with E-state index in [2.05, 4.69) is 0 Å². The Morgan fingerprint density at radius 2 is 1.53 bits per heavy atom. The minimum absolute atomic E-state index is 0.426. The summed E-state index contributed by atoms with van der Waals surface area (Å²) in [4.78, 5) is 11.0. The third-order valence-corrected chi connectivity index (χ3v) is 3.11. The van der Waals surface area contributed by atoms with Gasteiger partial charge in [-0.25, -0.2) is 4.79 Å². The number of rotatable bonds is 3. The first-order valence-corrected chi connectivity index (χ1v) is 6.14. The van der Waals surface area contributed by atoms with Crippen LogP contribution in [0.4, 0.5) is 12.6 Å². The van der Waals surface area contributed by atoms with Crippen LogP contribution in [0.2, 0.25) is 0 Å². The molecule has 0 aliphatic carbocycles. The van der Waals surface area contributed by atoms with Crippen molar-refractivity contribution in [2.75, 3.05) is 13.6 Å². The van der Waals surface area contributed by atoms with Crippen LogP contribution in [-0.2, 0) is 20.8 Å². The maximum atomic E-state index is 12.4. The van der Waals surface area contributed by atoms with E-state index < -0.39 is 42.0 Å². The van der Waals surface area contributed by atoms with Gasteiger partial charge in [-0.2, -0.15) is 25.4 Å². The van der Waals surface area contributed by atoms with E-state index in [4.69, 9.17) is 0 Å². The first kappa shape index (κ1) is 14.0. The van der Waals surface area contributed by atoms with Crippen LogP contribution in [0.3, 0.4) is 0 Å². The van der Waals surface area contributed by atoms with Crippen molar-refractivity contribution in [1.82, 2.24) is 8.61 Å². The topological polar surface area (TPSA) is 91.8 Å². The molecule has 11 heteroatoms. The smallest absolute Gasteiger partial charge is 0.246 e. The molecule has 0 aromatic rings. The number of hydrogen-bond acceptors (Lipinski definition) is 5. The molecular weight excluding hydrogens is 258 g/mol. The Morgan fingerprint density at radius 1 is 1.13 bits per heavy atom. The van der Waals surface area contributed by atoms with E-state index in [0.29, 0.717) is 7.05 Å². The molecule has 90 valence electrons. The van der Waals surface area contributed by atoms with Gasteiger partial charge in [0.15, 0.2) is 0 Å². The first-order valence-electron chi connectivity index (χ1n) is 3.46. The molecule has 0 heterocycles. The third kappa shape index (κ3) is 3.58. The third-order valence-electron chi connectivity index (χ3n) is 1.36. The summed E-state index contributed by atoms with van der Waals surface area (Å²) in [6, 6.07) is -1.83. The highest BCUT2D eigenvalue weighted by atomic mass is 32.3. The van der Waals surface area contributed by atoms with Crippen LogP contribution >= 0.6 is 0 Å². The zero-order chi connectivity index (χ0) is 12.4. The lowest BCUT2D eigenvalue weighted by Gasteiger charge is -2.19. The quantitative estimate of drug-likeness (QED) is 0.659. The maximum Gasteiger partial charge on any atom is 0.403 e. The lowest BCUT2D eigenvalue weighted by molar-refractivity contribution is 0.207. The second kappa shape index (κ2) is 4.26. The molecule has 0 aliphatic heterocycles. The largest absolute Gasteiger partial charge is 0.403 e. The molecule has 0 N–H and O–H groups in total. The van der Waals surface area contributed by atoms with E-state index in [9.17, 15) is 29.4 Å².